The third-order valence-corrected chi connectivity index (χ3v) is 6.57. The Hall–Kier alpha value is -3.63. The molecular weight excluding hydrogens is 436 g/mol. The lowest BCUT2D eigenvalue weighted by Gasteiger charge is -2.37. The number of hydrogen-bond acceptors (Lipinski definition) is 5. The molecule has 3 heterocycles. The van der Waals surface area contributed by atoms with Gasteiger partial charge in [0.15, 0.2) is 0 Å². The zero-order chi connectivity index (χ0) is 25.0. The Labute approximate surface area is 207 Å². The molecule has 0 atom stereocenters. The summed E-state index contributed by atoms with van der Waals surface area (Å²) in [6.07, 6.45) is 10.4. The first-order valence-electron chi connectivity index (χ1n) is 12.2. The van der Waals surface area contributed by atoms with Gasteiger partial charge in [-0.15, -0.1) is 0 Å². The molecule has 3 aromatic rings. The first kappa shape index (κ1) is 24.5. The SMILES string of the molecule is Cc1c(Nc2c(C#N)cncc2/C=C/CCN2CCN(C(=O)C(C)(C)C)CC2)ccc2[nH]ccc12. The Bertz CT molecular complexity index is 1270. The normalized spacial score (nSPS) is 15.0. The maximum atomic E-state index is 12.5. The third-order valence-electron chi connectivity index (χ3n) is 6.57. The second-order valence-corrected chi connectivity index (χ2v) is 10.1. The number of anilines is 2. The number of nitrogens with zero attached hydrogens (tertiary/aromatic N) is 4. The summed E-state index contributed by atoms with van der Waals surface area (Å²) in [4.78, 5) is 24.4. The average molecular weight is 471 g/mol. The molecule has 35 heavy (non-hydrogen) atoms. The summed E-state index contributed by atoms with van der Waals surface area (Å²) in [7, 11) is 0. The molecule has 0 spiro atoms. The van der Waals surface area contributed by atoms with Gasteiger partial charge in [-0.25, -0.2) is 0 Å². The summed E-state index contributed by atoms with van der Waals surface area (Å²) < 4.78 is 0. The van der Waals surface area contributed by atoms with Crippen molar-refractivity contribution in [3.63, 3.8) is 0 Å². The maximum absolute atomic E-state index is 12.5. The van der Waals surface area contributed by atoms with Crippen LogP contribution >= 0.6 is 0 Å². The van der Waals surface area contributed by atoms with Gasteiger partial charge in [-0.3, -0.25) is 14.7 Å². The number of aromatic amines is 1. The summed E-state index contributed by atoms with van der Waals surface area (Å²) in [5, 5.41) is 14.3. The van der Waals surface area contributed by atoms with Crippen molar-refractivity contribution in [3.05, 3.63) is 59.6 Å². The van der Waals surface area contributed by atoms with E-state index in [1.165, 1.54) is 0 Å². The lowest BCUT2D eigenvalue weighted by Crippen LogP contribution is -2.51. The Kier molecular flexibility index (Phi) is 7.23. The van der Waals surface area contributed by atoms with Crippen molar-refractivity contribution in [2.45, 2.75) is 34.1 Å². The molecule has 1 fully saturated rings. The van der Waals surface area contributed by atoms with Crippen LogP contribution < -0.4 is 5.32 Å². The van der Waals surface area contributed by atoms with Crippen molar-refractivity contribution in [3.8, 4) is 6.07 Å². The van der Waals surface area contributed by atoms with Gasteiger partial charge >= 0.3 is 0 Å². The van der Waals surface area contributed by atoms with E-state index in [2.05, 4.69) is 45.3 Å². The van der Waals surface area contributed by atoms with E-state index in [1.54, 1.807) is 12.4 Å². The molecule has 0 aliphatic carbocycles. The van der Waals surface area contributed by atoms with Crippen LogP contribution in [0.2, 0.25) is 0 Å². The summed E-state index contributed by atoms with van der Waals surface area (Å²) in [5.74, 6) is 0.229. The number of nitrogens with one attached hydrogen (secondary N) is 2. The number of carbonyl (C=O) groups is 1. The molecule has 7 nitrogen and oxygen atoms in total. The van der Waals surface area contributed by atoms with Gasteiger partial charge < -0.3 is 15.2 Å². The van der Waals surface area contributed by atoms with Crippen LogP contribution in [-0.4, -0.2) is 58.4 Å². The van der Waals surface area contributed by atoms with E-state index >= 15 is 0 Å². The van der Waals surface area contributed by atoms with Gasteiger partial charge in [-0.2, -0.15) is 5.26 Å². The van der Waals surface area contributed by atoms with Gasteiger partial charge in [-0.05, 0) is 37.1 Å². The van der Waals surface area contributed by atoms with Crippen LogP contribution in [0.15, 0.2) is 42.9 Å². The fraction of sp³-hybridized carbons (Fsp3) is 0.393. The van der Waals surface area contributed by atoms with E-state index in [0.717, 1.165) is 72.5 Å². The third kappa shape index (κ3) is 5.55. The molecule has 4 rings (SSSR count). The molecule has 0 unspecified atom stereocenters. The van der Waals surface area contributed by atoms with Crippen molar-refractivity contribution >= 4 is 34.3 Å². The highest BCUT2D eigenvalue weighted by atomic mass is 16.2. The smallest absolute Gasteiger partial charge is 0.228 e. The molecule has 1 amide bonds. The van der Waals surface area contributed by atoms with Crippen LogP contribution in [0.5, 0.6) is 0 Å². The standard InChI is InChI=1S/C28H34N6O/c1-20-23-10-11-31-25(23)9-8-24(20)32-26-21(18-30-19-22(26)17-29)7-5-6-12-33-13-15-34(16-14-33)27(35)28(2,3)4/h5,7-11,18-19,31H,6,12-16H2,1-4H3,(H,30,32)/b7-5+. The minimum atomic E-state index is -0.325. The Morgan fingerprint density at radius 1 is 1.20 bits per heavy atom. The van der Waals surface area contributed by atoms with Gasteiger partial charge in [0.05, 0.1) is 11.3 Å². The molecule has 1 aliphatic rings. The largest absolute Gasteiger partial charge is 0.361 e. The highest BCUT2D eigenvalue weighted by molar-refractivity contribution is 5.90. The van der Waals surface area contributed by atoms with Gasteiger partial charge in [-0.1, -0.05) is 32.9 Å². The molecule has 0 radical (unpaired) electrons. The summed E-state index contributed by atoms with van der Waals surface area (Å²) >= 11 is 0. The number of amides is 1. The van der Waals surface area contributed by atoms with E-state index in [0.29, 0.717) is 5.56 Å². The number of pyridine rings is 1. The highest BCUT2D eigenvalue weighted by Crippen LogP contribution is 2.31. The predicted octanol–water partition coefficient (Wildman–Crippen LogP) is 5.08. The van der Waals surface area contributed by atoms with Crippen molar-refractivity contribution in [1.29, 1.82) is 5.26 Å². The average Bonchev–Trinajstić information content (AvgIpc) is 3.33. The number of benzene rings is 1. The number of nitriles is 1. The number of piperazine rings is 1. The Balaban J connectivity index is 1.40. The first-order valence-corrected chi connectivity index (χ1v) is 12.2. The molecule has 182 valence electrons. The van der Waals surface area contributed by atoms with Crippen molar-refractivity contribution in [2.75, 3.05) is 38.0 Å². The van der Waals surface area contributed by atoms with Crippen LogP contribution in [0, 0.1) is 23.7 Å². The molecule has 2 aromatic heterocycles. The molecular formula is C28H34N6O. The van der Waals surface area contributed by atoms with Crippen molar-refractivity contribution in [1.82, 2.24) is 19.8 Å². The lowest BCUT2D eigenvalue weighted by molar-refractivity contribution is -0.141. The molecule has 0 bridgehead atoms. The number of aromatic nitrogens is 2. The molecule has 2 N–H and O–H groups in total. The second-order valence-electron chi connectivity index (χ2n) is 10.1. The van der Waals surface area contributed by atoms with E-state index < -0.39 is 0 Å². The second kappa shape index (κ2) is 10.3. The Morgan fingerprint density at radius 3 is 2.69 bits per heavy atom. The minimum absolute atomic E-state index is 0.229. The topological polar surface area (TPSA) is 88.1 Å². The van der Waals surface area contributed by atoms with Crippen LogP contribution in [0.4, 0.5) is 11.4 Å². The monoisotopic (exact) mass is 470 g/mol. The van der Waals surface area contributed by atoms with Crippen LogP contribution in [0.25, 0.3) is 17.0 Å². The zero-order valence-corrected chi connectivity index (χ0v) is 21.1. The van der Waals surface area contributed by atoms with Gasteiger partial charge in [0.2, 0.25) is 5.91 Å². The number of fused-ring (bicyclic) bond motifs is 1. The number of aryl methyl sites for hydroxylation is 1. The van der Waals surface area contributed by atoms with Crippen LogP contribution in [0.3, 0.4) is 0 Å². The first-order chi connectivity index (χ1) is 16.8. The highest BCUT2D eigenvalue weighted by Gasteiger charge is 2.29. The van der Waals surface area contributed by atoms with E-state index in [1.807, 2.05) is 50.1 Å². The fourth-order valence-electron chi connectivity index (χ4n) is 4.50. The summed E-state index contributed by atoms with van der Waals surface area (Å²) in [5.41, 5.74) is 5.03. The molecule has 7 heteroatoms. The Morgan fingerprint density at radius 2 is 1.97 bits per heavy atom. The predicted molar refractivity (Wildman–Crippen MR) is 141 cm³/mol. The molecule has 1 aliphatic heterocycles. The lowest BCUT2D eigenvalue weighted by atomic mass is 9.94. The summed E-state index contributed by atoms with van der Waals surface area (Å²) in [6.45, 7) is 12.3. The molecule has 0 saturated carbocycles. The van der Waals surface area contributed by atoms with Gasteiger partial charge in [0, 0.05) is 78.9 Å². The van der Waals surface area contributed by atoms with Gasteiger partial charge in [0.25, 0.3) is 0 Å². The molecule has 1 saturated heterocycles. The van der Waals surface area contributed by atoms with Crippen LogP contribution in [-0.2, 0) is 4.79 Å². The minimum Gasteiger partial charge on any atom is -0.361 e. The van der Waals surface area contributed by atoms with Crippen molar-refractivity contribution < 1.29 is 4.79 Å². The van der Waals surface area contributed by atoms with E-state index in [9.17, 15) is 10.1 Å². The fourth-order valence-corrected chi connectivity index (χ4v) is 4.50. The maximum Gasteiger partial charge on any atom is 0.228 e. The van der Waals surface area contributed by atoms with E-state index in [-0.39, 0.29) is 11.3 Å². The number of carbonyl (C=O) groups excluding carboxylic acids is 1. The zero-order valence-electron chi connectivity index (χ0n) is 21.1. The van der Waals surface area contributed by atoms with E-state index in [4.69, 9.17) is 0 Å². The number of rotatable bonds is 6. The quantitative estimate of drug-likeness (QED) is 0.524. The molecule has 1 aromatic carbocycles. The number of hydrogen-bond donors (Lipinski definition) is 2. The summed E-state index contributed by atoms with van der Waals surface area (Å²) in [6, 6.07) is 8.41. The number of H-pyrrole nitrogens is 1. The van der Waals surface area contributed by atoms with Crippen LogP contribution in [0.1, 0.15) is 43.9 Å². The van der Waals surface area contributed by atoms with Crippen molar-refractivity contribution in [2.24, 2.45) is 5.41 Å². The van der Waals surface area contributed by atoms with Gasteiger partial charge in [0.1, 0.15) is 6.07 Å².